The van der Waals surface area contributed by atoms with E-state index in [1.807, 2.05) is 12.1 Å². The van der Waals surface area contributed by atoms with Crippen molar-refractivity contribution in [2.24, 2.45) is 5.92 Å². The molecular weight excluding hydrogens is 320 g/mol. The van der Waals surface area contributed by atoms with Crippen LogP contribution in [0.15, 0.2) is 42.7 Å². The lowest BCUT2D eigenvalue weighted by molar-refractivity contribution is 0.0754. The van der Waals surface area contributed by atoms with Crippen molar-refractivity contribution in [3.05, 3.63) is 53.9 Å². The number of rotatable bonds is 3. The van der Waals surface area contributed by atoms with Gasteiger partial charge >= 0.3 is 0 Å². The van der Waals surface area contributed by atoms with Gasteiger partial charge in [-0.25, -0.2) is 0 Å². The van der Waals surface area contributed by atoms with Gasteiger partial charge in [0.1, 0.15) is 13.2 Å². The summed E-state index contributed by atoms with van der Waals surface area (Å²) in [5.74, 6) is 0.998. The summed E-state index contributed by atoms with van der Waals surface area (Å²) in [6.07, 6.45) is 3.68. The maximum atomic E-state index is 12.9. The number of benzene rings is 1. The van der Waals surface area contributed by atoms with Gasteiger partial charge in [0, 0.05) is 31.4 Å². The Morgan fingerprint density at radius 1 is 1.16 bits per heavy atom. The fourth-order valence-corrected chi connectivity index (χ4v) is 3.45. The fraction of sp³-hybridized carbons (Fsp3) is 0.368. The molecule has 0 spiro atoms. The van der Waals surface area contributed by atoms with Crippen molar-refractivity contribution in [1.29, 1.82) is 0 Å². The third-order valence-corrected chi connectivity index (χ3v) is 4.74. The Bertz CT molecular complexity index is 765. The van der Waals surface area contributed by atoms with Crippen molar-refractivity contribution in [3.63, 3.8) is 0 Å². The van der Waals surface area contributed by atoms with Gasteiger partial charge in [0.15, 0.2) is 11.5 Å². The third kappa shape index (κ3) is 3.17. The van der Waals surface area contributed by atoms with E-state index in [0.29, 0.717) is 43.4 Å². The molecule has 2 aliphatic rings. The monoisotopic (exact) mass is 340 g/mol. The number of ether oxygens (including phenoxy) is 2. The highest BCUT2D eigenvalue weighted by atomic mass is 16.6. The number of likely N-dealkylation sites (tertiary alicyclic amines) is 1. The van der Waals surface area contributed by atoms with Gasteiger partial charge in [-0.15, -0.1) is 0 Å². The predicted molar refractivity (Wildman–Crippen MR) is 90.8 cm³/mol. The van der Waals surface area contributed by atoms with Crippen LogP contribution in [0.25, 0.3) is 0 Å². The number of pyridine rings is 1. The minimum Gasteiger partial charge on any atom is -0.486 e. The Labute approximate surface area is 146 Å². The van der Waals surface area contributed by atoms with Crippen LogP contribution >= 0.6 is 0 Å². The molecule has 0 aliphatic carbocycles. The predicted octanol–water partition coefficient (Wildman–Crippen LogP) is 1.53. The Morgan fingerprint density at radius 3 is 2.80 bits per heavy atom. The summed E-state index contributed by atoms with van der Waals surface area (Å²) in [5, 5.41) is 10.4. The van der Waals surface area contributed by atoms with Crippen LogP contribution in [0.4, 0.5) is 0 Å². The average Bonchev–Trinajstić information content (AvgIpc) is 3.02. The van der Waals surface area contributed by atoms with Crippen molar-refractivity contribution in [2.75, 3.05) is 26.3 Å². The van der Waals surface area contributed by atoms with E-state index < -0.39 is 6.10 Å². The average molecular weight is 340 g/mol. The van der Waals surface area contributed by atoms with E-state index in [-0.39, 0.29) is 11.8 Å². The first-order valence-corrected chi connectivity index (χ1v) is 8.47. The second-order valence-corrected chi connectivity index (χ2v) is 6.43. The zero-order valence-electron chi connectivity index (χ0n) is 13.8. The topological polar surface area (TPSA) is 71.9 Å². The summed E-state index contributed by atoms with van der Waals surface area (Å²) in [4.78, 5) is 18.6. The first kappa shape index (κ1) is 15.9. The van der Waals surface area contributed by atoms with Gasteiger partial charge in [0.2, 0.25) is 0 Å². The molecule has 130 valence electrons. The van der Waals surface area contributed by atoms with E-state index in [9.17, 15) is 9.90 Å². The molecule has 2 aliphatic heterocycles. The zero-order chi connectivity index (χ0) is 17.2. The van der Waals surface area contributed by atoms with Crippen LogP contribution < -0.4 is 9.47 Å². The summed E-state index contributed by atoms with van der Waals surface area (Å²) in [6.45, 7) is 1.78. The van der Waals surface area contributed by atoms with Crippen LogP contribution in [0.1, 0.15) is 15.9 Å². The van der Waals surface area contributed by atoms with Crippen LogP contribution in [0, 0.1) is 5.92 Å². The molecule has 1 saturated heterocycles. The van der Waals surface area contributed by atoms with Crippen molar-refractivity contribution in [1.82, 2.24) is 9.88 Å². The van der Waals surface area contributed by atoms with Crippen molar-refractivity contribution in [2.45, 2.75) is 12.5 Å². The molecule has 4 rings (SSSR count). The lowest BCUT2D eigenvalue weighted by Crippen LogP contribution is -2.30. The summed E-state index contributed by atoms with van der Waals surface area (Å²) >= 11 is 0. The molecule has 6 heteroatoms. The van der Waals surface area contributed by atoms with Crippen LogP contribution in [0.3, 0.4) is 0 Å². The number of aromatic nitrogens is 1. The van der Waals surface area contributed by atoms with Crippen LogP contribution in [0.2, 0.25) is 0 Å². The molecule has 0 saturated carbocycles. The van der Waals surface area contributed by atoms with Gasteiger partial charge in [-0.3, -0.25) is 9.78 Å². The lowest BCUT2D eigenvalue weighted by atomic mass is 9.97. The number of carbonyl (C=O) groups excluding carboxylic acids is 1. The van der Waals surface area contributed by atoms with E-state index in [1.165, 1.54) is 0 Å². The molecule has 0 radical (unpaired) electrons. The number of fused-ring (bicyclic) bond motifs is 1. The second-order valence-electron chi connectivity index (χ2n) is 6.43. The van der Waals surface area contributed by atoms with E-state index in [0.717, 1.165) is 12.0 Å². The second kappa shape index (κ2) is 6.72. The van der Waals surface area contributed by atoms with E-state index in [1.54, 1.807) is 35.5 Å². The number of β-amino-alcohol motifs (C(OH)–C–C–N with tert-alkyl or cyclic N) is 1. The van der Waals surface area contributed by atoms with Gasteiger partial charge in [-0.05, 0) is 36.2 Å². The standard InChI is InChI=1S/C19H20N2O4/c22-16-12-21(11-14(16)10-13-4-6-20-7-5-13)19(23)15-2-1-3-17-18(15)25-9-8-24-17/h1-7,14,16,22H,8-12H2. The first-order chi connectivity index (χ1) is 12.2. The van der Waals surface area contributed by atoms with Crippen LogP contribution in [0.5, 0.6) is 11.5 Å². The molecule has 0 bridgehead atoms. The minimum absolute atomic E-state index is 0.0167. The molecule has 1 aromatic heterocycles. The number of para-hydroxylation sites is 1. The molecule has 1 amide bonds. The van der Waals surface area contributed by atoms with E-state index >= 15 is 0 Å². The summed E-state index contributed by atoms with van der Waals surface area (Å²) in [5.41, 5.74) is 1.61. The Balaban J connectivity index is 1.50. The number of amides is 1. The molecule has 2 unspecified atom stereocenters. The molecule has 2 atom stereocenters. The number of hydrogen-bond acceptors (Lipinski definition) is 5. The van der Waals surface area contributed by atoms with Crippen molar-refractivity contribution in [3.8, 4) is 11.5 Å². The molecule has 2 aromatic rings. The fourth-order valence-electron chi connectivity index (χ4n) is 3.45. The SMILES string of the molecule is O=C(c1cccc2c1OCCO2)N1CC(O)C(Cc2ccncc2)C1. The van der Waals surface area contributed by atoms with E-state index in [2.05, 4.69) is 4.98 Å². The summed E-state index contributed by atoms with van der Waals surface area (Å²) < 4.78 is 11.2. The molecule has 1 aromatic carbocycles. The normalized spacial score (nSPS) is 22.0. The Hall–Kier alpha value is -2.60. The first-order valence-electron chi connectivity index (χ1n) is 8.47. The molecule has 1 fully saturated rings. The molecule has 1 N–H and O–H groups in total. The molecular formula is C19H20N2O4. The number of nitrogens with zero attached hydrogens (tertiary/aromatic N) is 2. The molecule has 25 heavy (non-hydrogen) atoms. The number of carbonyl (C=O) groups is 1. The van der Waals surface area contributed by atoms with E-state index in [4.69, 9.17) is 9.47 Å². The maximum absolute atomic E-state index is 12.9. The van der Waals surface area contributed by atoms with Gasteiger partial charge in [-0.1, -0.05) is 6.07 Å². The smallest absolute Gasteiger partial charge is 0.257 e. The molecule has 6 nitrogen and oxygen atoms in total. The lowest BCUT2D eigenvalue weighted by Gasteiger charge is -2.23. The quantitative estimate of drug-likeness (QED) is 0.917. The minimum atomic E-state index is -0.533. The third-order valence-electron chi connectivity index (χ3n) is 4.74. The highest BCUT2D eigenvalue weighted by Gasteiger charge is 2.35. The maximum Gasteiger partial charge on any atom is 0.257 e. The van der Waals surface area contributed by atoms with Crippen LogP contribution in [-0.2, 0) is 6.42 Å². The number of aliphatic hydroxyl groups is 1. The van der Waals surface area contributed by atoms with Gasteiger partial charge < -0.3 is 19.5 Å². The van der Waals surface area contributed by atoms with Crippen molar-refractivity contribution >= 4 is 5.91 Å². The Morgan fingerprint density at radius 2 is 1.96 bits per heavy atom. The highest BCUT2D eigenvalue weighted by Crippen LogP contribution is 2.35. The zero-order valence-corrected chi connectivity index (χ0v) is 13.8. The number of aliphatic hydroxyl groups excluding tert-OH is 1. The largest absolute Gasteiger partial charge is 0.486 e. The van der Waals surface area contributed by atoms with Gasteiger partial charge in [0.05, 0.1) is 11.7 Å². The molecule has 3 heterocycles. The summed E-state index contributed by atoms with van der Waals surface area (Å²) in [6, 6.07) is 9.22. The van der Waals surface area contributed by atoms with Crippen molar-refractivity contribution < 1.29 is 19.4 Å². The summed E-state index contributed by atoms with van der Waals surface area (Å²) in [7, 11) is 0. The highest BCUT2D eigenvalue weighted by molar-refractivity contribution is 5.98. The van der Waals surface area contributed by atoms with Gasteiger partial charge in [-0.2, -0.15) is 0 Å². The number of hydrogen-bond donors (Lipinski definition) is 1. The van der Waals surface area contributed by atoms with Crippen LogP contribution in [-0.4, -0.2) is 53.3 Å². The Kier molecular flexibility index (Phi) is 4.28. The van der Waals surface area contributed by atoms with Gasteiger partial charge in [0.25, 0.3) is 5.91 Å².